The summed E-state index contributed by atoms with van der Waals surface area (Å²) in [7, 11) is 0. The molecule has 2 rings (SSSR count). The third-order valence-corrected chi connectivity index (χ3v) is 2.59. The Hall–Kier alpha value is -1.69. The fourth-order valence-electron chi connectivity index (χ4n) is 1.55. The van der Waals surface area contributed by atoms with Crippen molar-refractivity contribution < 1.29 is 18.3 Å². The zero-order valence-electron chi connectivity index (χ0n) is 9.17. The predicted octanol–water partition coefficient (Wildman–Crippen LogP) is 1.46. The number of fused-ring (bicyclic) bond motifs is 1. The van der Waals surface area contributed by atoms with E-state index in [1.54, 1.807) is 6.92 Å². The molecule has 1 heterocycles. The first-order valence-corrected chi connectivity index (χ1v) is 5.14. The van der Waals surface area contributed by atoms with E-state index in [2.05, 4.69) is 5.32 Å². The highest BCUT2D eigenvalue weighted by Crippen LogP contribution is 2.35. The number of carbonyl (C=O) groups is 1. The topological polar surface area (TPSA) is 64.3 Å². The van der Waals surface area contributed by atoms with Gasteiger partial charge >= 0.3 is 0 Å². The van der Waals surface area contributed by atoms with Gasteiger partial charge in [-0.1, -0.05) is 0 Å². The van der Waals surface area contributed by atoms with Crippen molar-refractivity contribution in [3.05, 3.63) is 23.8 Å². The van der Waals surface area contributed by atoms with Gasteiger partial charge in [0, 0.05) is 5.56 Å². The minimum Gasteiger partial charge on any atom is -0.479 e. The lowest BCUT2D eigenvalue weighted by molar-refractivity contribution is -0.122. The van der Waals surface area contributed by atoms with Gasteiger partial charge < -0.3 is 15.8 Å². The number of rotatable bonds is 2. The Morgan fingerprint density at radius 1 is 1.53 bits per heavy atom. The lowest BCUT2D eigenvalue weighted by atomic mass is 10.1. The number of nitrogens with one attached hydrogen (secondary N) is 1. The van der Waals surface area contributed by atoms with Gasteiger partial charge in [0.2, 0.25) is 0 Å². The molecule has 0 spiro atoms. The van der Waals surface area contributed by atoms with E-state index in [0.717, 1.165) is 0 Å². The van der Waals surface area contributed by atoms with Gasteiger partial charge in [0.15, 0.2) is 6.10 Å². The van der Waals surface area contributed by atoms with Crippen molar-refractivity contribution in [3.63, 3.8) is 0 Å². The minimum absolute atomic E-state index is 0.239. The number of nitrogens with two attached hydrogens (primary N) is 1. The molecule has 1 atom stereocenters. The van der Waals surface area contributed by atoms with Crippen molar-refractivity contribution in [2.75, 3.05) is 11.9 Å². The Balaban J connectivity index is 2.38. The summed E-state index contributed by atoms with van der Waals surface area (Å²) in [4.78, 5) is 11.3. The zero-order valence-corrected chi connectivity index (χ0v) is 9.17. The number of benzene rings is 1. The van der Waals surface area contributed by atoms with Gasteiger partial charge in [0.25, 0.3) is 11.8 Å². The lowest BCUT2D eigenvalue weighted by Crippen LogP contribution is -2.34. The summed E-state index contributed by atoms with van der Waals surface area (Å²) >= 11 is 0. The van der Waals surface area contributed by atoms with E-state index >= 15 is 0 Å². The Kier molecular flexibility index (Phi) is 2.74. The van der Waals surface area contributed by atoms with Crippen molar-refractivity contribution in [2.45, 2.75) is 19.0 Å². The van der Waals surface area contributed by atoms with Gasteiger partial charge in [0.05, 0.1) is 12.2 Å². The van der Waals surface area contributed by atoms with Crippen LogP contribution in [0.2, 0.25) is 0 Å². The van der Waals surface area contributed by atoms with Gasteiger partial charge in [-0.25, -0.2) is 0 Å². The van der Waals surface area contributed by atoms with Crippen LogP contribution in [-0.2, 0) is 10.7 Å². The summed E-state index contributed by atoms with van der Waals surface area (Å²) in [5, 5.41) is 2.51. The quantitative estimate of drug-likeness (QED) is 0.825. The lowest BCUT2D eigenvalue weighted by Gasteiger charge is -2.24. The van der Waals surface area contributed by atoms with E-state index in [1.165, 1.54) is 18.2 Å². The second-order valence-electron chi connectivity index (χ2n) is 3.87. The average Bonchev–Trinajstić information content (AvgIpc) is 2.30. The summed E-state index contributed by atoms with van der Waals surface area (Å²) in [5.74, 6) is -3.08. The molecular weight excluding hydrogens is 230 g/mol. The second kappa shape index (κ2) is 3.96. The van der Waals surface area contributed by atoms with Gasteiger partial charge in [-0.2, -0.15) is 8.78 Å². The minimum atomic E-state index is -3.11. The fourth-order valence-corrected chi connectivity index (χ4v) is 1.55. The predicted molar refractivity (Wildman–Crippen MR) is 58.1 cm³/mol. The Morgan fingerprint density at radius 3 is 2.88 bits per heavy atom. The molecular formula is C11H12F2N2O2. The number of alkyl halides is 2. The number of anilines is 1. The Morgan fingerprint density at radius 2 is 2.24 bits per heavy atom. The summed E-state index contributed by atoms with van der Waals surface area (Å²) in [6, 6.07) is 3.84. The Labute approximate surface area is 96.7 Å². The van der Waals surface area contributed by atoms with Crippen molar-refractivity contribution in [3.8, 4) is 5.75 Å². The molecule has 3 N–H and O–H groups in total. The maximum atomic E-state index is 13.4. The van der Waals surface area contributed by atoms with Gasteiger partial charge in [-0.3, -0.25) is 4.79 Å². The van der Waals surface area contributed by atoms with Gasteiger partial charge in [0.1, 0.15) is 5.75 Å². The summed E-state index contributed by atoms with van der Waals surface area (Å²) in [5.41, 5.74) is 5.01. The molecule has 0 radical (unpaired) electrons. The smallest absolute Gasteiger partial charge is 0.285 e. The molecule has 92 valence electrons. The first-order chi connectivity index (χ1) is 7.94. The maximum Gasteiger partial charge on any atom is 0.285 e. The molecule has 0 saturated carbocycles. The first-order valence-electron chi connectivity index (χ1n) is 5.14. The zero-order chi connectivity index (χ0) is 12.6. The number of ether oxygens (including phenoxy) is 1. The normalized spacial score (nSPS) is 19.3. The van der Waals surface area contributed by atoms with Crippen LogP contribution in [0.5, 0.6) is 5.75 Å². The number of hydrogen-bond donors (Lipinski definition) is 2. The standard InChI is InChI=1S/C11H12F2N2O2/c1-6-10(16)15-8-4-7(11(12,13)5-14)2-3-9(8)17-6/h2-4,6H,5,14H2,1H3,(H,15,16). The molecule has 1 aliphatic rings. The summed E-state index contributed by atoms with van der Waals surface area (Å²) < 4.78 is 32.0. The number of amides is 1. The molecule has 4 nitrogen and oxygen atoms in total. The van der Waals surface area contributed by atoms with Crippen molar-refractivity contribution in [1.82, 2.24) is 0 Å². The molecule has 1 aromatic rings. The van der Waals surface area contributed by atoms with Crippen LogP contribution in [0.3, 0.4) is 0 Å². The molecule has 0 bridgehead atoms. The highest BCUT2D eigenvalue weighted by Gasteiger charge is 2.32. The van der Waals surface area contributed by atoms with Crippen molar-refractivity contribution in [1.29, 1.82) is 0 Å². The molecule has 1 unspecified atom stereocenters. The Bertz CT molecular complexity index is 463. The highest BCUT2D eigenvalue weighted by molar-refractivity contribution is 5.97. The molecule has 0 fully saturated rings. The molecule has 1 amide bonds. The largest absolute Gasteiger partial charge is 0.479 e. The number of carbonyl (C=O) groups excluding carboxylic acids is 1. The van der Waals surface area contributed by atoms with Crippen molar-refractivity contribution >= 4 is 11.6 Å². The van der Waals surface area contributed by atoms with E-state index in [1.807, 2.05) is 0 Å². The van der Waals surface area contributed by atoms with Crippen LogP contribution in [0.1, 0.15) is 12.5 Å². The van der Waals surface area contributed by atoms with Crippen LogP contribution in [-0.4, -0.2) is 18.6 Å². The van der Waals surface area contributed by atoms with Crippen LogP contribution in [0, 0.1) is 0 Å². The molecule has 17 heavy (non-hydrogen) atoms. The van der Waals surface area contributed by atoms with Gasteiger partial charge in [-0.05, 0) is 25.1 Å². The maximum absolute atomic E-state index is 13.4. The van der Waals surface area contributed by atoms with Crippen LogP contribution >= 0.6 is 0 Å². The van der Waals surface area contributed by atoms with Crippen LogP contribution < -0.4 is 15.8 Å². The summed E-state index contributed by atoms with van der Waals surface area (Å²) in [6.45, 7) is 0.803. The molecule has 1 aliphatic heterocycles. The summed E-state index contributed by atoms with van der Waals surface area (Å²) in [6.07, 6.45) is -0.622. The highest BCUT2D eigenvalue weighted by atomic mass is 19.3. The SMILES string of the molecule is CC1Oc2ccc(C(F)(F)CN)cc2NC1=O. The van der Waals surface area contributed by atoms with Crippen molar-refractivity contribution in [2.24, 2.45) is 5.73 Å². The van der Waals surface area contributed by atoms with Crippen LogP contribution in [0.4, 0.5) is 14.5 Å². The number of hydrogen-bond acceptors (Lipinski definition) is 3. The van der Waals surface area contributed by atoms with Gasteiger partial charge in [-0.15, -0.1) is 0 Å². The number of halogens is 2. The molecule has 0 aliphatic carbocycles. The van der Waals surface area contributed by atoms with E-state index in [-0.39, 0.29) is 17.2 Å². The first kappa shape index (κ1) is 11.8. The molecule has 0 saturated heterocycles. The van der Waals surface area contributed by atoms with E-state index in [4.69, 9.17) is 10.5 Å². The van der Waals surface area contributed by atoms with Crippen LogP contribution in [0.15, 0.2) is 18.2 Å². The van der Waals surface area contributed by atoms with E-state index < -0.39 is 18.6 Å². The second-order valence-corrected chi connectivity index (χ2v) is 3.87. The van der Waals surface area contributed by atoms with E-state index in [9.17, 15) is 13.6 Å². The third kappa shape index (κ3) is 2.08. The fraction of sp³-hybridized carbons (Fsp3) is 0.364. The monoisotopic (exact) mass is 242 g/mol. The third-order valence-electron chi connectivity index (χ3n) is 2.59. The molecule has 1 aromatic carbocycles. The molecule has 6 heteroatoms. The average molecular weight is 242 g/mol. The van der Waals surface area contributed by atoms with E-state index in [0.29, 0.717) is 5.75 Å². The van der Waals surface area contributed by atoms with Crippen LogP contribution in [0.25, 0.3) is 0 Å². The molecule has 0 aromatic heterocycles.